The molecule has 1 aromatic carbocycles. The summed E-state index contributed by atoms with van der Waals surface area (Å²) in [4.78, 5) is 42.1. The van der Waals surface area contributed by atoms with Crippen LogP contribution in [0.25, 0.3) is 16.6 Å². The highest BCUT2D eigenvalue weighted by Crippen LogP contribution is 2.20. The van der Waals surface area contributed by atoms with Crippen LogP contribution in [-0.4, -0.2) is 54.9 Å². The van der Waals surface area contributed by atoms with Gasteiger partial charge >= 0.3 is 6.03 Å². The van der Waals surface area contributed by atoms with Gasteiger partial charge in [-0.05, 0) is 43.5 Å². The van der Waals surface area contributed by atoms with E-state index >= 15 is 0 Å². The summed E-state index contributed by atoms with van der Waals surface area (Å²) in [5.41, 5.74) is 2.77. The van der Waals surface area contributed by atoms with Crippen molar-refractivity contribution in [2.75, 3.05) is 6.54 Å². The van der Waals surface area contributed by atoms with E-state index in [9.17, 15) is 14.4 Å². The van der Waals surface area contributed by atoms with E-state index in [1.165, 1.54) is 4.90 Å². The molecule has 1 saturated heterocycles. The van der Waals surface area contributed by atoms with Crippen LogP contribution < -0.4 is 10.6 Å². The Morgan fingerprint density at radius 3 is 2.85 bits per heavy atom. The highest BCUT2D eigenvalue weighted by molar-refractivity contribution is 6.04. The maximum absolute atomic E-state index is 12.8. The number of para-hydroxylation sites is 1. The average Bonchev–Trinajstić information content (AvgIpc) is 3.52. The first-order valence-electron chi connectivity index (χ1n) is 11.3. The molecule has 4 amide bonds. The molecular weight excluding hydrogens is 434 g/mol. The first kappa shape index (κ1) is 21.6. The lowest BCUT2D eigenvalue weighted by Gasteiger charge is -2.14. The van der Waals surface area contributed by atoms with E-state index in [1.807, 2.05) is 66.2 Å². The predicted molar refractivity (Wildman–Crippen MR) is 125 cm³/mol. The van der Waals surface area contributed by atoms with Crippen LogP contribution in [0.2, 0.25) is 0 Å². The molecule has 5 rings (SSSR count). The summed E-state index contributed by atoms with van der Waals surface area (Å²) < 4.78 is 1.82. The van der Waals surface area contributed by atoms with Crippen molar-refractivity contribution in [1.82, 2.24) is 35.1 Å². The van der Waals surface area contributed by atoms with Crippen LogP contribution in [0.4, 0.5) is 4.79 Å². The first-order chi connectivity index (χ1) is 16.5. The van der Waals surface area contributed by atoms with Crippen molar-refractivity contribution in [1.29, 1.82) is 0 Å². The van der Waals surface area contributed by atoms with Crippen LogP contribution in [0.5, 0.6) is 0 Å². The summed E-state index contributed by atoms with van der Waals surface area (Å²) in [6.07, 6.45) is 4.64. The number of imide groups is 1. The molecule has 0 radical (unpaired) electrons. The molecule has 3 aromatic heterocycles. The van der Waals surface area contributed by atoms with Crippen molar-refractivity contribution in [3.63, 3.8) is 0 Å². The Balaban J connectivity index is 1.14. The number of pyridine rings is 1. The molecule has 1 aliphatic heterocycles. The number of fused-ring (bicyclic) bond motifs is 2. The van der Waals surface area contributed by atoms with Crippen molar-refractivity contribution in [3.8, 4) is 0 Å². The zero-order valence-electron chi connectivity index (χ0n) is 18.7. The highest BCUT2D eigenvalue weighted by atomic mass is 16.2. The number of amides is 4. The van der Waals surface area contributed by atoms with Gasteiger partial charge in [-0.2, -0.15) is 0 Å². The van der Waals surface area contributed by atoms with Gasteiger partial charge < -0.3 is 15.6 Å². The quantitative estimate of drug-likeness (QED) is 0.349. The van der Waals surface area contributed by atoms with Crippen molar-refractivity contribution >= 4 is 34.4 Å². The Hall–Kier alpha value is -4.21. The molecule has 4 heterocycles. The fourth-order valence-electron chi connectivity index (χ4n) is 4.36. The predicted octanol–water partition coefficient (Wildman–Crippen LogP) is 2.33. The monoisotopic (exact) mass is 459 g/mol. The summed E-state index contributed by atoms with van der Waals surface area (Å²) in [6, 6.07) is 12.0. The second-order valence-corrected chi connectivity index (χ2v) is 8.42. The van der Waals surface area contributed by atoms with Gasteiger partial charge in [-0.1, -0.05) is 24.3 Å². The molecule has 2 atom stereocenters. The minimum absolute atomic E-state index is 0.105. The minimum atomic E-state index is -0.703. The number of nitrogens with zero attached hydrogens (tertiary/aromatic N) is 4. The Bertz CT molecular complexity index is 1380. The lowest BCUT2D eigenvalue weighted by Crippen LogP contribution is -2.34. The number of carbonyl (C=O) groups is 3. The van der Waals surface area contributed by atoms with E-state index in [2.05, 4.69) is 25.8 Å². The van der Waals surface area contributed by atoms with Crippen molar-refractivity contribution in [2.24, 2.45) is 0 Å². The number of aromatic nitrogens is 4. The highest BCUT2D eigenvalue weighted by Gasteiger charge is 2.37. The van der Waals surface area contributed by atoms with Crippen LogP contribution in [-0.2, 0) is 16.0 Å². The Kier molecular flexibility index (Phi) is 5.70. The van der Waals surface area contributed by atoms with Gasteiger partial charge in [0.15, 0.2) is 11.5 Å². The van der Waals surface area contributed by atoms with E-state index in [4.69, 9.17) is 0 Å². The number of aromatic amines is 1. The molecule has 10 nitrogen and oxygen atoms in total. The zero-order valence-corrected chi connectivity index (χ0v) is 18.7. The molecule has 3 N–H and O–H groups in total. The zero-order chi connectivity index (χ0) is 23.7. The van der Waals surface area contributed by atoms with Crippen molar-refractivity contribution < 1.29 is 14.4 Å². The molecule has 0 bridgehead atoms. The summed E-state index contributed by atoms with van der Waals surface area (Å²) in [6.45, 7) is 2.11. The molecule has 1 aliphatic rings. The van der Waals surface area contributed by atoms with Crippen LogP contribution in [0, 0.1) is 0 Å². The van der Waals surface area contributed by atoms with Gasteiger partial charge in [-0.3, -0.25) is 18.9 Å². The molecule has 174 valence electrons. The Morgan fingerprint density at radius 2 is 1.97 bits per heavy atom. The number of nitrogens with one attached hydrogen (secondary N) is 3. The van der Waals surface area contributed by atoms with Gasteiger partial charge in [-0.15, -0.1) is 10.2 Å². The van der Waals surface area contributed by atoms with E-state index < -0.39 is 12.1 Å². The fourth-order valence-corrected chi connectivity index (χ4v) is 4.36. The second kappa shape index (κ2) is 8.97. The number of benzene rings is 1. The summed E-state index contributed by atoms with van der Waals surface area (Å²) in [5, 5.41) is 14.9. The number of H-pyrrole nitrogens is 1. The lowest BCUT2D eigenvalue weighted by molar-refractivity contribution is -0.127. The smallest absolute Gasteiger partial charge is 0.324 e. The largest absolute Gasteiger partial charge is 0.361 e. The van der Waals surface area contributed by atoms with Crippen LogP contribution >= 0.6 is 0 Å². The molecule has 0 spiro atoms. The fraction of sp³-hybridized carbons (Fsp3) is 0.292. The number of urea groups is 1. The number of hydrogen-bond acceptors (Lipinski definition) is 5. The van der Waals surface area contributed by atoms with Gasteiger partial charge in [0.25, 0.3) is 5.91 Å². The summed E-state index contributed by atoms with van der Waals surface area (Å²) >= 11 is 0. The minimum Gasteiger partial charge on any atom is -0.361 e. The molecule has 4 aromatic rings. The maximum Gasteiger partial charge on any atom is 0.324 e. The van der Waals surface area contributed by atoms with E-state index in [1.54, 1.807) is 0 Å². The van der Waals surface area contributed by atoms with Gasteiger partial charge in [0, 0.05) is 36.3 Å². The molecule has 34 heavy (non-hydrogen) atoms. The Morgan fingerprint density at radius 1 is 1.15 bits per heavy atom. The topological polar surface area (TPSA) is 124 Å². The van der Waals surface area contributed by atoms with Crippen LogP contribution in [0.1, 0.15) is 37.2 Å². The van der Waals surface area contributed by atoms with Gasteiger partial charge in [0.2, 0.25) is 5.91 Å². The Labute approximate surface area is 195 Å². The number of hydrogen-bond donors (Lipinski definition) is 3. The van der Waals surface area contributed by atoms with E-state index in [0.717, 1.165) is 16.5 Å². The van der Waals surface area contributed by atoms with Crippen LogP contribution in [0.15, 0.2) is 54.9 Å². The molecule has 0 unspecified atom stereocenters. The molecule has 0 aliphatic carbocycles. The molecule has 10 heteroatoms. The summed E-state index contributed by atoms with van der Waals surface area (Å²) in [5.74, 6) is 0.103. The number of rotatable bonds is 8. The van der Waals surface area contributed by atoms with Gasteiger partial charge in [0.05, 0.1) is 6.04 Å². The third-order valence-corrected chi connectivity index (χ3v) is 6.15. The third-order valence-electron chi connectivity index (χ3n) is 6.15. The second-order valence-electron chi connectivity index (χ2n) is 8.42. The maximum atomic E-state index is 12.8. The van der Waals surface area contributed by atoms with Crippen molar-refractivity contribution in [3.05, 3.63) is 66.2 Å². The normalized spacial score (nSPS) is 16.9. The van der Waals surface area contributed by atoms with Gasteiger partial charge in [0.1, 0.15) is 6.04 Å². The standard InChI is InChI=1S/C24H25N7O3/c1-15(22-29-28-20-8-4-5-12-30(20)22)26-21(32)10-9-19-23(33)31(24(34)27-19)13-11-16-14-25-18-7-3-2-6-17(16)18/h2-8,12,14-15,19,25H,9-11,13H2,1H3,(H,26,32)(H,27,34)/t15-,19+/m0/s1. The molecular formula is C24H25N7O3. The van der Waals surface area contributed by atoms with Crippen molar-refractivity contribution in [2.45, 2.75) is 38.3 Å². The molecule has 1 fully saturated rings. The lowest BCUT2D eigenvalue weighted by atomic mass is 10.1. The van der Waals surface area contributed by atoms with E-state index in [-0.39, 0.29) is 37.2 Å². The van der Waals surface area contributed by atoms with Crippen LogP contribution in [0.3, 0.4) is 0 Å². The first-order valence-corrected chi connectivity index (χ1v) is 11.3. The number of carbonyl (C=O) groups excluding carboxylic acids is 3. The average molecular weight is 460 g/mol. The van der Waals surface area contributed by atoms with E-state index in [0.29, 0.717) is 17.9 Å². The van der Waals surface area contributed by atoms with Gasteiger partial charge in [-0.25, -0.2) is 4.79 Å². The SMILES string of the molecule is C[C@H](NC(=O)CC[C@H]1NC(=O)N(CCc2c[nH]c3ccccc23)C1=O)c1nnc2ccccn12. The molecule has 0 saturated carbocycles. The third kappa shape index (κ3) is 4.09. The summed E-state index contributed by atoms with van der Waals surface area (Å²) in [7, 11) is 0.